The number of carbonyl (C=O) groups excluding carboxylic acids is 1. The van der Waals surface area contributed by atoms with E-state index in [4.69, 9.17) is 11.6 Å². The van der Waals surface area contributed by atoms with Crippen LogP contribution in [0.25, 0.3) is 0 Å². The molecule has 5 nitrogen and oxygen atoms in total. The van der Waals surface area contributed by atoms with Crippen molar-refractivity contribution in [3.05, 3.63) is 47.2 Å². The van der Waals surface area contributed by atoms with E-state index in [9.17, 15) is 4.79 Å². The fourth-order valence-electron chi connectivity index (χ4n) is 1.92. The van der Waals surface area contributed by atoms with E-state index in [-0.39, 0.29) is 6.03 Å². The van der Waals surface area contributed by atoms with Crippen molar-refractivity contribution in [2.45, 2.75) is 20.4 Å². The summed E-state index contributed by atoms with van der Waals surface area (Å²) < 4.78 is 1.89. The Bertz CT molecular complexity index is 594. The van der Waals surface area contributed by atoms with Crippen LogP contribution < -0.4 is 10.6 Å². The van der Waals surface area contributed by atoms with E-state index in [1.54, 1.807) is 24.3 Å². The first-order chi connectivity index (χ1) is 10.0. The molecule has 0 aliphatic carbocycles. The molecule has 0 spiro atoms. The second-order valence-electron chi connectivity index (χ2n) is 5.13. The molecule has 0 aliphatic heterocycles. The van der Waals surface area contributed by atoms with Crippen LogP contribution in [0.3, 0.4) is 0 Å². The molecular formula is C15H19ClN4O. The van der Waals surface area contributed by atoms with E-state index in [0.717, 1.165) is 12.2 Å². The average Bonchev–Trinajstić information content (AvgIpc) is 2.84. The normalized spacial score (nSPS) is 12.0. The van der Waals surface area contributed by atoms with Gasteiger partial charge in [-0.1, -0.05) is 18.5 Å². The molecule has 1 atom stereocenters. The summed E-state index contributed by atoms with van der Waals surface area (Å²) in [5, 5.41) is 10.6. The summed E-state index contributed by atoms with van der Waals surface area (Å²) in [5.74, 6) is 0.292. The van der Waals surface area contributed by atoms with Crippen molar-refractivity contribution < 1.29 is 4.79 Å². The number of benzene rings is 1. The summed E-state index contributed by atoms with van der Waals surface area (Å²) >= 11 is 5.79. The average molecular weight is 307 g/mol. The number of anilines is 1. The lowest BCUT2D eigenvalue weighted by molar-refractivity contribution is 0.249. The largest absolute Gasteiger partial charge is 0.338 e. The second-order valence-corrected chi connectivity index (χ2v) is 5.56. The van der Waals surface area contributed by atoms with Gasteiger partial charge in [-0.05, 0) is 43.2 Å². The lowest BCUT2D eigenvalue weighted by Crippen LogP contribution is -2.33. The van der Waals surface area contributed by atoms with Crippen molar-refractivity contribution in [2.24, 2.45) is 5.92 Å². The van der Waals surface area contributed by atoms with E-state index in [1.165, 1.54) is 0 Å². The molecule has 1 aromatic heterocycles. The van der Waals surface area contributed by atoms with Crippen molar-refractivity contribution in [3.8, 4) is 0 Å². The number of aryl methyl sites for hydroxylation is 1. The van der Waals surface area contributed by atoms with Crippen molar-refractivity contribution in [1.82, 2.24) is 15.1 Å². The summed E-state index contributed by atoms with van der Waals surface area (Å²) in [4.78, 5) is 11.8. The topological polar surface area (TPSA) is 59.0 Å². The Kier molecular flexibility index (Phi) is 5.22. The molecule has 0 saturated carbocycles. The minimum absolute atomic E-state index is 0.221. The predicted molar refractivity (Wildman–Crippen MR) is 84.6 cm³/mol. The third kappa shape index (κ3) is 5.11. The highest BCUT2D eigenvalue weighted by Crippen LogP contribution is 2.13. The Morgan fingerprint density at radius 1 is 1.33 bits per heavy atom. The quantitative estimate of drug-likeness (QED) is 0.890. The first-order valence-corrected chi connectivity index (χ1v) is 7.21. The molecule has 112 valence electrons. The second kappa shape index (κ2) is 7.13. The molecule has 2 aromatic rings. The Balaban J connectivity index is 1.74. The standard InChI is InChI=1S/C15H19ClN4O/c1-11(10-20-8-7-12(2)19-20)9-17-15(21)18-14-5-3-13(16)4-6-14/h3-8,11H,9-10H2,1-2H3,(H2,17,18,21)/t11-/m0/s1. The zero-order chi connectivity index (χ0) is 15.2. The maximum Gasteiger partial charge on any atom is 0.319 e. The molecule has 0 fully saturated rings. The molecule has 21 heavy (non-hydrogen) atoms. The molecule has 1 aromatic carbocycles. The zero-order valence-electron chi connectivity index (χ0n) is 12.1. The molecule has 1 heterocycles. The van der Waals surface area contributed by atoms with Crippen molar-refractivity contribution >= 4 is 23.3 Å². The SMILES string of the molecule is Cc1ccn(C[C@@H](C)CNC(=O)Nc2ccc(Cl)cc2)n1. The molecule has 2 rings (SSSR count). The van der Waals surface area contributed by atoms with Crippen LogP contribution in [0, 0.1) is 12.8 Å². The first kappa shape index (κ1) is 15.4. The van der Waals surface area contributed by atoms with Gasteiger partial charge in [0.05, 0.1) is 5.69 Å². The van der Waals surface area contributed by atoms with Gasteiger partial charge in [0.1, 0.15) is 0 Å². The number of carbonyl (C=O) groups is 1. The van der Waals surface area contributed by atoms with Crippen LogP contribution in [-0.4, -0.2) is 22.4 Å². The Hall–Kier alpha value is -2.01. The smallest absolute Gasteiger partial charge is 0.319 e. The van der Waals surface area contributed by atoms with Gasteiger partial charge in [-0.25, -0.2) is 4.79 Å². The molecule has 0 bridgehead atoms. The third-order valence-electron chi connectivity index (χ3n) is 2.99. The number of urea groups is 1. The lowest BCUT2D eigenvalue weighted by atomic mass is 10.2. The van der Waals surface area contributed by atoms with Crippen LogP contribution in [0.15, 0.2) is 36.5 Å². The van der Waals surface area contributed by atoms with Crippen LogP contribution in [0.1, 0.15) is 12.6 Å². The highest BCUT2D eigenvalue weighted by molar-refractivity contribution is 6.30. The van der Waals surface area contributed by atoms with Gasteiger partial charge in [0.2, 0.25) is 0 Å². The number of hydrogen-bond acceptors (Lipinski definition) is 2. The molecule has 2 N–H and O–H groups in total. The van der Waals surface area contributed by atoms with Crippen LogP contribution in [-0.2, 0) is 6.54 Å². The van der Waals surface area contributed by atoms with Gasteiger partial charge in [-0.2, -0.15) is 5.10 Å². The maximum absolute atomic E-state index is 11.8. The van der Waals surface area contributed by atoms with Crippen LogP contribution in [0.4, 0.5) is 10.5 Å². The number of aromatic nitrogens is 2. The summed E-state index contributed by atoms with van der Waals surface area (Å²) in [5.41, 5.74) is 1.71. The van der Waals surface area contributed by atoms with Crippen LogP contribution >= 0.6 is 11.6 Å². The van der Waals surface area contributed by atoms with E-state index >= 15 is 0 Å². The van der Waals surface area contributed by atoms with E-state index < -0.39 is 0 Å². The van der Waals surface area contributed by atoms with Gasteiger partial charge in [0, 0.05) is 30.0 Å². The van der Waals surface area contributed by atoms with Crippen LogP contribution in [0.2, 0.25) is 5.02 Å². The van der Waals surface area contributed by atoms with Crippen molar-refractivity contribution in [3.63, 3.8) is 0 Å². The van der Waals surface area contributed by atoms with Gasteiger partial charge < -0.3 is 10.6 Å². The maximum atomic E-state index is 11.8. The first-order valence-electron chi connectivity index (χ1n) is 6.83. The highest BCUT2D eigenvalue weighted by atomic mass is 35.5. The Labute approximate surface area is 129 Å². The molecular weight excluding hydrogens is 288 g/mol. The summed E-state index contributed by atoms with van der Waals surface area (Å²) in [6, 6.07) is 8.74. The van der Waals surface area contributed by atoms with E-state index in [1.807, 2.05) is 23.9 Å². The third-order valence-corrected chi connectivity index (χ3v) is 3.24. The van der Waals surface area contributed by atoms with Gasteiger partial charge in [-0.3, -0.25) is 4.68 Å². The Morgan fingerprint density at radius 3 is 2.67 bits per heavy atom. The summed E-state index contributed by atoms with van der Waals surface area (Å²) in [7, 11) is 0. The number of amides is 2. The molecule has 2 amide bonds. The fraction of sp³-hybridized carbons (Fsp3) is 0.333. The number of nitrogens with one attached hydrogen (secondary N) is 2. The number of nitrogens with zero attached hydrogens (tertiary/aromatic N) is 2. The van der Waals surface area contributed by atoms with E-state index in [0.29, 0.717) is 23.2 Å². The minimum Gasteiger partial charge on any atom is -0.338 e. The van der Waals surface area contributed by atoms with Gasteiger partial charge in [-0.15, -0.1) is 0 Å². The number of rotatable bonds is 5. The Morgan fingerprint density at radius 2 is 2.05 bits per heavy atom. The number of halogens is 1. The van der Waals surface area contributed by atoms with Crippen molar-refractivity contribution in [2.75, 3.05) is 11.9 Å². The molecule has 0 aliphatic rings. The lowest BCUT2D eigenvalue weighted by Gasteiger charge is -2.13. The fourth-order valence-corrected chi connectivity index (χ4v) is 2.05. The van der Waals surface area contributed by atoms with E-state index in [2.05, 4.69) is 22.7 Å². The monoisotopic (exact) mass is 306 g/mol. The molecule has 0 saturated heterocycles. The van der Waals surface area contributed by atoms with Crippen molar-refractivity contribution in [1.29, 1.82) is 0 Å². The highest BCUT2D eigenvalue weighted by Gasteiger charge is 2.07. The molecule has 0 unspecified atom stereocenters. The molecule has 0 radical (unpaired) electrons. The predicted octanol–water partition coefficient (Wildman–Crippen LogP) is 3.30. The molecule has 6 heteroatoms. The van der Waals surface area contributed by atoms with Gasteiger partial charge >= 0.3 is 6.03 Å². The van der Waals surface area contributed by atoms with Gasteiger partial charge in [0.25, 0.3) is 0 Å². The summed E-state index contributed by atoms with van der Waals surface area (Å²) in [6.07, 6.45) is 1.94. The summed E-state index contributed by atoms with van der Waals surface area (Å²) in [6.45, 7) is 5.38. The zero-order valence-corrected chi connectivity index (χ0v) is 12.9. The van der Waals surface area contributed by atoms with Gasteiger partial charge in [0.15, 0.2) is 0 Å². The minimum atomic E-state index is -0.221. The van der Waals surface area contributed by atoms with Crippen LogP contribution in [0.5, 0.6) is 0 Å². The number of hydrogen-bond donors (Lipinski definition) is 2.